The smallest absolute Gasteiger partial charge is 0.344 e. The van der Waals surface area contributed by atoms with Crippen molar-refractivity contribution in [2.45, 2.75) is 38.3 Å². The fourth-order valence-electron chi connectivity index (χ4n) is 4.18. The number of carbonyl (C=O) groups is 3. The number of hydrogen-bond donors (Lipinski definition) is 0. The lowest BCUT2D eigenvalue weighted by Crippen LogP contribution is -2.50. The first-order valence-electron chi connectivity index (χ1n) is 10.4. The quantitative estimate of drug-likeness (QED) is 0.663. The van der Waals surface area contributed by atoms with Crippen LogP contribution in [0.15, 0.2) is 42.5 Å². The Morgan fingerprint density at radius 2 is 1.74 bits per heavy atom. The molecule has 0 saturated carbocycles. The highest BCUT2D eigenvalue weighted by Gasteiger charge is 2.35. The second-order valence-corrected chi connectivity index (χ2v) is 7.77. The number of fused-ring (bicyclic) bond motifs is 2. The van der Waals surface area contributed by atoms with Crippen LogP contribution in [0, 0.1) is 0 Å². The van der Waals surface area contributed by atoms with Gasteiger partial charge in [-0.1, -0.05) is 30.3 Å². The summed E-state index contributed by atoms with van der Waals surface area (Å²) >= 11 is 0. The topological polar surface area (TPSA) is 82.1 Å². The number of methoxy groups -OCH3 is 1. The summed E-state index contributed by atoms with van der Waals surface area (Å²) in [6.07, 6.45) is 3.60. The Labute approximate surface area is 180 Å². The van der Waals surface area contributed by atoms with E-state index in [9.17, 15) is 14.4 Å². The number of aryl methyl sites for hydroxylation is 2. The summed E-state index contributed by atoms with van der Waals surface area (Å²) in [6.45, 7) is -0.477. The van der Waals surface area contributed by atoms with Crippen LogP contribution >= 0.6 is 0 Å². The van der Waals surface area contributed by atoms with Crippen molar-refractivity contribution in [2.75, 3.05) is 20.3 Å². The highest BCUT2D eigenvalue weighted by atomic mass is 16.6. The van der Waals surface area contributed by atoms with Crippen LogP contribution in [0.25, 0.3) is 0 Å². The van der Waals surface area contributed by atoms with E-state index >= 15 is 0 Å². The van der Waals surface area contributed by atoms with Gasteiger partial charge < -0.3 is 19.1 Å². The predicted octanol–water partition coefficient (Wildman–Crippen LogP) is 2.22. The molecule has 0 aromatic heterocycles. The molecule has 7 nitrogen and oxygen atoms in total. The maximum Gasteiger partial charge on any atom is 0.344 e. The van der Waals surface area contributed by atoms with Crippen LogP contribution in [-0.2, 0) is 49.7 Å². The minimum atomic E-state index is -0.742. The summed E-state index contributed by atoms with van der Waals surface area (Å²) in [5, 5.41) is 0. The molecule has 31 heavy (non-hydrogen) atoms. The highest BCUT2D eigenvalue weighted by molar-refractivity contribution is 5.87. The molecule has 2 aromatic rings. The van der Waals surface area contributed by atoms with Crippen LogP contribution in [0.4, 0.5) is 0 Å². The van der Waals surface area contributed by atoms with Crippen LogP contribution < -0.4 is 4.74 Å². The number of esters is 2. The zero-order valence-corrected chi connectivity index (χ0v) is 17.5. The van der Waals surface area contributed by atoms with Crippen molar-refractivity contribution in [3.63, 3.8) is 0 Å². The lowest BCUT2D eigenvalue weighted by Gasteiger charge is -2.35. The Morgan fingerprint density at radius 1 is 0.968 bits per heavy atom. The van der Waals surface area contributed by atoms with Gasteiger partial charge in [-0.25, -0.2) is 9.59 Å². The molecule has 1 aliphatic carbocycles. The first-order valence-corrected chi connectivity index (χ1v) is 10.4. The molecule has 0 bridgehead atoms. The van der Waals surface area contributed by atoms with E-state index in [1.54, 1.807) is 0 Å². The molecule has 1 atom stereocenters. The van der Waals surface area contributed by atoms with Crippen LogP contribution in [0.5, 0.6) is 5.75 Å². The standard InChI is InChI=1S/C24H25NO6/c1-29-24(28)21-12-18-5-2-3-6-19(18)13-25(21)22(26)14-31-23(27)15-30-20-10-9-16-7-4-8-17(16)11-20/h2-3,5-6,9-11,21H,4,7-8,12-15H2,1H3/t21-/m0/s1. The molecule has 162 valence electrons. The van der Waals surface area contributed by atoms with Crippen LogP contribution in [0.1, 0.15) is 28.7 Å². The molecule has 7 heteroatoms. The Hall–Kier alpha value is -3.35. The number of rotatable bonds is 6. The summed E-state index contributed by atoms with van der Waals surface area (Å²) < 4.78 is 15.5. The minimum absolute atomic E-state index is 0.262. The molecule has 0 radical (unpaired) electrons. The molecule has 1 amide bonds. The second-order valence-electron chi connectivity index (χ2n) is 7.77. The van der Waals surface area contributed by atoms with E-state index in [2.05, 4.69) is 0 Å². The number of benzene rings is 2. The van der Waals surface area contributed by atoms with Gasteiger partial charge in [0.25, 0.3) is 5.91 Å². The Kier molecular flexibility index (Phi) is 6.21. The van der Waals surface area contributed by atoms with E-state index in [0.29, 0.717) is 12.2 Å². The third kappa shape index (κ3) is 4.71. The molecule has 4 rings (SSSR count). The van der Waals surface area contributed by atoms with Crippen molar-refractivity contribution in [2.24, 2.45) is 0 Å². The molecule has 1 heterocycles. The first-order chi connectivity index (χ1) is 15.0. The van der Waals surface area contributed by atoms with Crippen molar-refractivity contribution in [3.05, 3.63) is 64.7 Å². The fourth-order valence-corrected chi connectivity index (χ4v) is 4.18. The van der Waals surface area contributed by atoms with Gasteiger partial charge in [-0.05, 0) is 53.6 Å². The average Bonchev–Trinajstić information content (AvgIpc) is 3.27. The summed E-state index contributed by atoms with van der Waals surface area (Å²) in [7, 11) is 1.29. The monoisotopic (exact) mass is 423 g/mol. The molecule has 0 unspecified atom stereocenters. The molecular formula is C24H25NO6. The maximum absolute atomic E-state index is 12.7. The van der Waals surface area contributed by atoms with Gasteiger partial charge in [-0.2, -0.15) is 0 Å². The van der Waals surface area contributed by atoms with Crippen molar-refractivity contribution < 1.29 is 28.6 Å². The Bertz CT molecular complexity index is 1000. The van der Waals surface area contributed by atoms with Gasteiger partial charge in [-0.15, -0.1) is 0 Å². The molecule has 0 N–H and O–H groups in total. The third-order valence-corrected chi connectivity index (χ3v) is 5.83. The van der Waals surface area contributed by atoms with E-state index in [4.69, 9.17) is 14.2 Å². The minimum Gasteiger partial charge on any atom is -0.482 e. The molecule has 0 fully saturated rings. The zero-order chi connectivity index (χ0) is 21.8. The summed E-state index contributed by atoms with van der Waals surface area (Å²) in [6, 6.07) is 12.7. The lowest BCUT2D eigenvalue weighted by atomic mass is 9.94. The van der Waals surface area contributed by atoms with Crippen molar-refractivity contribution in [1.29, 1.82) is 0 Å². The van der Waals surface area contributed by atoms with Gasteiger partial charge in [0.2, 0.25) is 0 Å². The van der Waals surface area contributed by atoms with Gasteiger partial charge in [0.15, 0.2) is 13.2 Å². The fraction of sp³-hybridized carbons (Fsp3) is 0.375. The number of nitrogens with zero attached hydrogens (tertiary/aromatic N) is 1. The van der Waals surface area contributed by atoms with Gasteiger partial charge in [-0.3, -0.25) is 4.79 Å². The number of ether oxygens (including phenoxy) is 3. The molecular weight excluding hydrogens is 398 g/mol. The van der Waals surface area contributed by atoms with Gasteiger partial charge in [0, 0.05) is 13.0 Å². The highest BCUT2D eigenvalue weighted by Crippen LogP contribution is 2.26. The summed E-state index contributed by atoms with van der Waals surface area (Å²) in [4.78, 5) is 38.5. The second kappa shape index (κ2) is 9.20. The summed E-state index contributed by atoms with van der Waals surface area (Å²) in [5.74, 6) is -0.965. The predicted molar refractivity (Wildman–Crippen MR) is 111 cm³/mol. The van der Waals surface area contributed by atoms with E-state index < -0.39 is 30.5 Å². The number of carbonyl (C=O) groups excluding carboxylic acids is 3. The van der Waals surface area contributed by atoms with Gasteiger partial charge in [0.05, 0.1) is 7.11 Å². The Balaban J connectivity index is 1.32. The maximum atomic E-state index is 12.7. The zero-order valence-electron chi connectivity index (χ0n) is 17.5. The number of hydrogen-bond acceptors (Lipinski definition) is 6. The van der Waals surface area contributed by atoms with Crippen molar-refractivity contribution in [3.8, 4) is 5.75 Å². The van der Waals surface area contributed by atoms with Crippen LogP contribution in [0.3, 0.4) is 0 Å². The van der Waals surface area contributed by atoms with Crippen molar-refractivity contribution >= 4 is 17.8 Å². The first kappa shape index (κ1) is 20.9. The van der Waals surface area contributed by atoms with E-state index in [0.717, 1.165) is 30.4 Å². The average molecular weight is 423 g/mol. The van der Waals surface area contributed by atoms with Crippen LogP contribution in [-0.4, -0.2) is 49.1 Å². The molecule has 2 aromatic carbocycles. The van der Waals surface area contributed by atoms with E-state index in [1.807, 2.05) is 42.5 Å². The third-order valence-electron chi connectivity index (χ3n) is 5.83. The van der Waals surface area contributed by atoms with E-state index in [1.165, 1.54) is 23.1 Å². The van der Waals surface area contributed by atoms with Crippen molar-refractivity contribution in [1.82, 2.24) is 4.90 Å². The van der Waals surface area contributed by atoms with Crippen LogP contribution in [0.2, 0.25) is 0 Å². The normalized spacial score (nSPS) is 16.8. The molecule has 2 aliphatic rings. The van der Waals surface area contributed by atoms with Gasteiger partial charge >= 0.3 is 11.9 Å². The molecule has 0 saturated heterocycles. The van der Waals surface area contributed by atoms with Gasteiger partial charge in [0.1, 0.15) is 11.8 Å². The Morgan fingerprint density at radius 3 is 2.55 bits per heavy atom. The molecule has 1 aliphatic heterocycles. The summed E-state index contributed by atoms with van der Waals surface area (Å²) in [5.41, 5.74) is 4.54. The molecule has 0 spiro atoms. The SMILES string of the molecule is COC(=O)[C@@H]1Cc2ccccc2CN1C(=O)COC(=O)COc1ccc2c(c1)CCC2. The van der Waals surface area contributed by atoms with E-state index in [-0.39, 0.29) is 13.2 Å². The largest absolute Gasteiger partial charge is 0.482 e. The lowest BCUT2D eigenvalue weighted by molar-refractivity contribution is -0.160. The number of amides is 1.